The van der Waals surface area contributed by atoms with Crippen molar-refractivity contribution < 1.29 is 9.59 Å². The van der Waals surface area contributed by atoms with E-state index in [1.807, 2.05) is 53.6 Å². The van der Waals surface area contributed by atoms with Crippen LogP contribution in [0.4, 0.5) is 0 Å². The molecule has 0 radical (unpaired) electrons. The minimum atomic E-state index is 0.0302. The molecule has 5 heteroatoms. The molecule has 1 aliphatic heterocycles. The van der Waals surface area contributed by atoms with Gasteiger partial charge < -0.3 is 10.2 Å². The van der Waals surface area contributed by atoms with Crippen molar-refractivity contribution in [3.8, 4) is 0 Å². The summed E-state index contributed by atoms with van der Waals surface area (Å²) < 4.78 is 0. The van der Waals surface area contributed by atoms with Gasteiger partial charge in [0.2, 0.25) is 11.8 Å². The smallest absolute Gasteiger partial charge is 0.227 e. The molecule has 2 aliphatic rings. The topological polar surface area (TPSA) is 49.4 Å². The van der Waals surface area contributed by atoms with E-state index in [1.165, 1.54) is 10.4 Å². The Bertz CT molecular complexity index is 800. The maximum atomic E-state index is 12.6. The summed E-state index contributed by atoms with van der Waals surface area (Å²) in [5, 5.41) is 5.08. The average molecular weight is 369 g/mol. The van der Waals surface area contributed by atoms with Crippen LogP contribution in [0.3, 0.4) is 0 Å². The SMILES string of the molecule is Cc1ccc(CC(=O)N2CC[C@]3(C[C@H]3C(=O)NCc3cccs3)C2)cc1. The van der Waals surface area contributed by atoms with Crippen LogP contribution in [0.2, 0.25) is 0 Å². The Hall–Kier alpha value is -2.14. The Balaban J connectivity index is 1.29. The second-order valence-electron chi connectivity index (χ2n) is 7.64. The van der Waals surface area contributed by atoms with Gasteiger partial charge in [0.05, 0.1) is 13.0 Å². The predicted molar refractivity (Wildman–Crippen MR) is 103 cm³/mol. The molecule has 1 saturated carbocycles. The maximum Gasteiger partial charge on any atom is 0.227 e. The fourth-order valence-corrected chi connectivity index (χ4v) is 4.63. The molecule has 0 unspecified atom stereocenters. The first-order valence-corrected chi connectivity index (χ1v) is 10.1. The molecule has 1 aliphatic carbocycles. The first-order chi connectivity index (χ1) is 12.6. The van der Waals surface area contributed by atoms with E-state index < -0.39 is 0 Å². The highest BCUT2D eigenvalue weighted by Gasteiger charge is 2.61. The van der Waals surface area contributed by atoms with Crippen LogP contribution in [0.5, 0.6) is 0 Å². The number of carbonyl (C=O) groups excluding carboxylic acids is 2. The lowest BCUT2D eigenvalue weighted by molar-refractivity contribution is -0.130. The van der Waals surface area contributed by atoms with Crippen LogP contribution in [0, 0.1) is 18.3 Å². The minimum absolute atomic E-state index is 0.0302. The normalized spacial score (nSPS) is 24.0. The number of thiophene rings is 1. The van der Waals surface area contributed by atoms with Gasteiger partial charge in [-0.25, -0.2) is 0 Å². The van der Waals surface area contributed by atoms with Gasteiger partial charge in [-0.1, -0.05) is 35.9 Å². The maximum absolute atomic E-state index is 12.6. The lowest BCUT2D eigenvalue weighted by Crippen LogP contribution is -2.32. The Morgan fingerprint density at radius 3 is 2.81 bits per heavy atom. The Morgan fingerprint density at radius 1 is 1.27 bits per heavy atom. The average Bonchev–Trinajstić information content (AvgIpc) is 2.99. The molecule has 1 spiro atoms. The lowest BCUT2D eigenvalue weighted by atomic mass is 10.0. The second kappa shape index (κ2) is 6.88. The van der Waals surface area contributed by atoms with E-state index >= 15 is 0 Å². The fraction of sp³-hybridized carbons (Fsp3) is 0.429. The summed E-state index contributed by atoms with van der Waals surface area (Å²) in [5.41, 5.74) is 2.29. The third-order valence-corrected chi connectivity index (χ3v) is 6.61. The summed E-state index contributed by atoms with van der Waals surface area (Å²) in [5.74, 6) is 0.390. The van der Waals surface area contributed by atoms with E-state index in [9.17, 15) is 9.59 Å². The van der Waals surface area contributed by atoms with Crippen LogP contribution in [0.25, 0.3) is 0 Å². The van der Waals surface area contributed by atoms with Gasteiger partial charge in [-0.3, -0.25) is 9.59 Å². The van der Waals surface area contributed by atoms with E-state index in [1.54, 1.807) is 11.3 Å². The molecule has 1 N–H and O–H groups in total. The van der Waals surface area contributed by atoms with E-state index in [0.717, 1.165) is 31.5 Å². The Morgan fingerprint density at radius 2 is 2.08 bits per heavy atom. The van der Waals surface area contributed by atoms with Crippen molar-refractivity contribution >= 4 is 23.2 Å². The molecule has 26 heavy (non-hydrogen) atoms. The number of benzene rings is 1. The second-order valence-corrected chi connectivity index (χ2v) is 8.68. The number of likely N-dealkylation sites (tertiary alicyclic amines) is 1. The molecular weight excluding hydrogens is 344 g/mol. The highest BCUT2D eigenvalue weighted by atomic mass is 32.1. The summed E-state index contributed by atoms with van der Waals surface area (Å²) in [6.07, 6.45) is 2.31. The van der Waals surface area contributed by atoms with Crippen LogP contribution < -0.4 is 5.32 Å². The number of nitrogens with zero attached hydrogens (tertiary/aromatic N) is 1. The molecule has 1 aromatic carbocycles. The number of hydrogen-bond acceptors (Lipinski definition) is 3. The number of carbonyl (C=O) groups is 2. The standard InChI is InChI=1S/C21H24N2O2S/c1-15-4-6-16(7-5-15)11-19(24)23-9-8-21(14-23)12-18(21)20(25)22-13-17-3-2-10-26-17/h2-7,10,18H,8-9,11-14H2,1H3,(H,22,25)/t18-,21-/m0/s1. The Kier molecular flexibility index (Phi) is 4.57. The zero-order valence-corrected chi connectivity index (χ0v) is 15.8. The highest BCUT2D eigenvalue weighted by molar-refractivity contribution is 7.09. The van der Waals surface area contributed by atoms with Crippen molar-refractivity contribution in [1.82, 2.24) is 10.2 Å². The van der Waals surface area contributed by atoms with Crippen molar-refractivity contribution in [2.75, 3.05) is 13.1 Å². The third kappa shape index (κ3) is 3.54. The fourth-order valence-electron chi connectivity index (χ4n) is 3.98. The molecule has 1 saturated heterocycles. The van der Waals surface area contributed by atoms with Gasteiger partial charge >= 0.3 is 0 Å². The summed E-state index contributed by atoms with van der Waals surface area (Å²) >= 11 is 1.66. The van der Waals surface area contributed by atoms with Crippen LogP contribution in [0.1, 0.15) is 28.8 Å². The van der Waals surface area contributed by atoms with Gasteiger partial charge in [0.15, 0.2) is 0 Å². The molecule has 4 nitrogen and oxygen atoms in total. The summed E-state index contributed by atoms with van der Waals surface area (Å²) in [4.78, 5) is 28.2. The number of rotatable bonds is 5. The summed E-state index contributed by atoms with van der Waals surface area (Å²) in [6, 6.07) is 12.2. The lowest BCUT2D eigenvalue weighted by Gasteiger charge is -2.17. The molecule has 1 aromatic heterocycles. The molecule has 4 rings (SSSR count). The number of amides is 2. The quantitative estimate of drug-likeness (QED) is 0.881. The van der Waals surface area contributed by atoms with E-state index in [0.29, 0.717) is 13.0 Å². The minimum Gasteiger partial charge on any atom is -0.351 e. The van der Waals surface area contributed by atoms with Gasteiger partial charge in [0.1, 0.15) is 0 Å². The zero-order valence-electron chi connectivity index (χ0n) is 15.0. The molecule has 0 bridgehead atoms. The first-order valence-electron chi connectivity index (χ1n) is 9.19. The van der Waals surface area contributed by atoms with E-state index in [-0.39, 0.29) is 23.1 Å². The highest BCUT2D eigenvalue weighted by Crippen LogP contribution is 2.58. The molecule has 2 fully saturated rings. The Labute approximate surface area is 158 Å². The van der Waals surface area contributed by atoms with Crippen molar-refractivity contribution in [2.24, 2.45) is 11.3 Å². The van der Waals surface area contributed by atoms with Crippen LogP contribution in [0.15, 0.2) is 41.8 Å². The monoisotopic (exact) mass is 368 g/mol. The molecule has 136 valence electrons. The summed E-state index contributed by atoms with van der Waals surface area (Å²) in [6.45, 7) is 4.17. The molecule has 2 amide bonds. The van der Waals surface area contributed by atoms with Gasteiger partial charge in [-0.05, 0) is 36.8 Å². The van der Waals surface area contributed by atoms with E-state index in [2.05, 4.69) is 5.32 Å². The largest absolute Gasteiger partial charge is 0.351 e. The van der Waals surface area contributed by atoms with Gasteiger partial charge in [0, 0.05) is 29.3 Å². The van der Waals surface area contributed by atoms with Crippen LogP contribution in [-0.4, -0.2) is 29.8 Å². The third-order valence-electron chi connectivity index (χ3n) is 5.74. The zero-order chi connectivity index (χ0) is 18.1. The van der Waals surface area contributed by atoms with Crippen LogP contribution >= 0.6 is 11.3 Å². The van der Waals surface area contributed by atoms with Crippen molar-refractivity contribution in [3.05, 3.63) is 57.8 Å². The van der Waals surface area contributed by atoms with E-state index in [4.69, 9.17) is 0 Å². The van der Waals surface area contributed by atoms with Gasteiger partial charge in [-0.2, -0.15) is 0 Å². The van der Waals surface area contributed by atoms with Gasteiger partial charge in [0.25, 0.3) is 0 Å². The van der Waals surface area contributed by atoms with Crippen molar-refractivity contribution in [1.29, 1.82) is 0 Å². The number of nitrogens with one attached hydrogen (secondary N) is 1. The number of hydrogen-bond donors (Lipinski definition) is 1. The molecule has 2 aromatic rings. The first kappa shape index (κ1) is 17.3. The summed E-state index contributed by atoms with van der Waals surface area (Å²) in [7, 11) is 0. The van der Waals surface area contributed by atoms with Gasteiger partial charge in [-0.15, -0.1) is 11.3 Å². The van der Waals surface area contributed by atoms with Crippen molar-refractivity contribution in [2.45, 2.75) is 32.7 Å². The van der Waals surface area contributed by atoms with Crippen LogP contribution in [-0.2, 0) is 22.6 Å². The molecule has 2 heterocycles. The number of aryl methyl sites for hydroxylation is 1. The molecule has 2 atom stereocenters. The predicted octanol–water partition coefficient (Wildman–Crippen LogP) is 3.15. The molecular formula is C21H24N2O2S. The van der Waals surface area contributed by atoms with Crippen molar-refractivity contribution in [3.63, 3.8) is 0 Å².